The molecule has 0 aromatic carbocycles. The molecular formula is C21H37F2N3O5. The number of aliphatic carboxylic acids is 1. The average Bonchev–Trinajstić information content (AvgIpc) is 2.61. The Morgan fingerprint density at radius 1 is 0.742 bits per heavy atom. The molecule has 0 saturated carbocycles. The number of rotatable bonds is 15. The van der Waals surface area contributed by atoms with Gasteiger partial charge in [-0.2, -0.15) is 0 Å². The van der Waals surface area contributed by atoms with Crippen LogP contribution in [0.3, 0.4) is 0 Å². The van der Waals surface area contributed by atoms with Gasteiger partial charge in [-0.3, -0.25) is 14.4 Å². The highest BCUT2D eigenvalue weighted by Gasteiger charge is 2.33. The van der Waals surface area contributed by atoms with Crippen molar-refractivity contribution in [2.24, 2.45) is 11.8 Å². The summed E-state index contributed by atoms with van der Waals surface area (Å²) >= 11 is 0. The fraction of sp³-hybridized carbons (Fsp3) is 0.810. The Morgan fingerprint density at radius 2 is 1.26 bits per heavy atom. The quantitative estimate of drug-likeness (QED) is 0.284. The summed E-state index contributed by atoms with van der Waals surface area (Å²) in [6.45, 7) is 11.5. The van der Waals surface area contributed by atoms with Crippen molar-refractivity contribution in [1.82, 2.24) is 16.0 Å². The molecule has 0 bridgehead atoms. The van der Waals surface area contributed by atoms with Gasteiger partial charge in [0.1, 0.15) is 12.1 Å². The number of carbonyl (C=O) groups is 4. The Morgan fingerprint density at radius 3 is 1.68 bits per heavy atom. The van der Waals surface area contributed by atoms with Crippen molar-refractivity contribution in [1.29, 1.82) is 0 Å². The molecule has 0 aliphatic rings. The lowest BCUT2D eigenvalue weighted by Crippen LogP contribution is -2.56. The highest BCUT2D eigenvalue weighted by Crippen LogP contribution is 2.12. The number of alkyl halides is 2. The van der Waals surface area contributed by atoms with E-state index in [0.29, 0.717) is 12.3 Å². The second-order valence-electron chi connectivity index (χ2n) is 8.89. The van der Waals surface area contributed by atoms with Gasteiger partial charge < -0.3 is 21.1 Å². The van der Waals surface area contributed by atoms with Crippen molar-refractivity contribution in [3.05, 3.63) is 0 Å². The molecule has 0 heterocycles. The number of carboxylic acid groups (broad SMARTS) is 1. The molecule has 0 aromatic rings. The number of nitrogens with one attached hydrogen (secondary N) is 3. The number of carboxylic acids is 1. The zero-order valence-electron chi connectivity index (χ0n) is 19.2. The van der Waals surface area contributed by atoms with Crippen molar-refractivity contribution >= 4 is 23.6 Å². The minimum Gasteiger partial charge on any atom is -0.475 e. The van der Waals surface area contributed by atoms with Crippen LogP contribution in [0.25, 0.3) is 0 Å². The number of amides is 2. The molecule has 31 heavy (non-hydrogen) atoms. The number of Topliss-reactive ketones (excluding diaryl/α,β-unsaturated/α-hetero) is 1. The van der Waals surface area contributed by atoms with Gasteiger partial charge in [0.2, 0.25) is 18.2 Å². The maximum Gasteiger partial charge on any atom is 0.374 e. The van der Waals surface area contributed by atoms with Crippen LogP contribution in [-0.4, -0.2) is 59.3 Å². The molecule has 0 fully saturated rings. The van der Waals surface area contributed by atoms with Crippen LogP contribution in [-0.2, 0) is 19.2 Å². The molecule has 4 N–H and O–H groups in total. The predicted octanol–water partition coefficient (Wildman–Crippen LogP) is 2.11. The summed E-state index contributed by atoms with van der Waals surface area (Å²) in [6, 6.07) is -3.50. The van der Waals surface area contributed by atoms with Gasteiger partial charge in [-0.05, 0) is 31.1 Å². The van der Waals surface area contributed by atoms with Crippen molar-refractivity contribution in [2.45, 2.75) is 97.8 Å². The molecular weight excluding hydrogens is 412 g/mol. The summed E-state index contributed by atoms with van der Waals surface area (Å²) in [4.78, 5) is 48.2. The molecule has 180 valence electrons. The van der Waals surface area contributed by atoms with Crippen LogP contribution >= 0.6 is 0 Å². The fourth-order valence-corrected chi connectivity index (χ4v) is 3.00. The molecule has 8 nitrogen and oxygen atoms in total. The molecule has 0 radical (unpaired) electrons. The summed E-state index contributed by atoms with van der Waals surface area (Å²) in [7, 11) is 0. The summed E-state index contributed by atoms with van der Waals surface area (Å²) in [6.07, 6.45) is -2.59. The van der Waals surface area contributed by atoms with Crippen LogP contribution in [0.4, 0.5) is 8.78 Å². The normalized spacial score (nSPS) is 14.6. The third-order valence-electron chi connectivity index (χ3n) is 4.48. The van der Waals surface area contributed by atoms with E-state index in [9.17, 15) is 28.0 Å². The summed E-state index contributed by atoms with van der Waals surface area (Å²) in [5.41, 5.74) is 0. The predicted molar refractivity (Wildman–Crippen MR) is 113 cm³/mol. The number of hydrogen-bond donors (Lipinski definition) is 4. The number of halogens is 2. The lowest BCUT2D eigenvalue weighted by atomic mass is 9.99. The van der Waals surface area contributed by atoms with Gasteiger partial charge >= 0.3 is 5.97 Å². The second-order valence-corrected chi connectivity index (χ2v) is 8.89. The van der Waals surface area contributed by atoms with E-state index in [2.05, 4.69) is 16.0 Å². The van der Waals surface area contributed by atoms with Crippen LogP contribution < -0.4 is 16.0 Å². The zero-order valence-corrected chi connectivity index (χ0v) is 19.2. The van der Waals surface area contributed by atoms with E-state index in [1.165, 1.54) is 0 Å². The largest absolute Gasteiger partial charge is 0.475 e. The Bertz CT molecular complexity index is 612. The average molecular weight is 450 g/mol. The van der Waals surface area contributed by atoms with Gasteiger partial charge in [0.05, 0.1) is 6.04 Å². The van der Waals surface area contributed by atoms with Gasteiger partial charge in [0.15, 0.2) is 0 Å². The van der Waals surface area contributed by atoms with Gasteiger partial charge in [-0.25, -0.2) is 13.6 Å². The molecule has 10 heteroatoms. The molecule has 0 rings (SSSR count). The van der Waals surface area contributed by atoms with Crippen LogP contribution in [0.5, 0.6) is 0 Å². The van der Waals surface area contributed by atoms with Crippen molar-refractivity contribution < 1.29 is 33.1 Å². The summed E-state index contributed by atoms with van der Waals surface area (Å²) in [5, 5.41) is 16.7. The minimum absolute atomic E-state index is 0.0175. The summed E-state index contributed by atoms with van der Waals surface area (Å²) in [5.74, 6) is -4.38. The second kappa shape index (κ2) is 14.1. The molecule has 0 spiro atoms. The smallest absolute Gasteiger partial charge is 0.374 e. The first-order valence-corrected chi connectivity index (χ1v) is 10.7. The lowest BCUT2D eigenvalue weighted by molar-refractivity contribution is -0.151. The number of carbonyl (C=O) groups excluding carboxylic acids is 3. The molecule has 0 aliphatic heterocycles. The lowest BCUT2D eigenvalue weighted by Gasteiger charge is -2.27. The van der Waals surface area contributed by atoms with Crippen LogP contribution in [0.1, 0.15) is 67.2 Å². The third kappa shape index (κ3) is 12.4. The Hall–Kier alpha value is -2.10. The van der Waals surface area contributed by atoms with E-state index in [4.69, 9.17) is 5.11 Å². The highest BCUT2D eigenvalue weighted by molar-refractivity contribution is 6.35. The van der Waals surface area contributed by atoms with E-state index < -0.39 is 54.5 Å². The van der Waals surface area contributed by atoms with Crippen molar-refractivity contribution in [2.75, 3.05) is 0 Å². The number of ketones is 1. The van der Waals surface area contributed by atoms with E-state index in [1.54, 1.807) is 0 Å². The molecule has 0 aliphatic carbocycles. The van der Waals surface area contributed by atoms with Gasteiger partial charge in [0, 0.05) is 12.5 Å². The molecule has 2 amide bonds. The van der Waals surface area contributed by atoms with E-state index >= 15 is 0 Å². The Kier molecular flexibility index (Phi) is 13.1. The Labute approximate surface area is 182 Å². The van der Waals surface area contributed by atoms with Crippen LogP contribution in [0.15, 0.2) is 0 Å². The highest BCUT2D eigenvalue weighted by atomic mass is 19.3. The first-order chi connectivity index (χ1) is 14.2. The number of hydrogen-bond acceptors (Lipinski definition) is 5. The maximum absolute atomic E-state index is 12.9. The van der Waals surface area contributed by atoms with E-state index in [0.717, 1.165) is 6.42 Å². The van der Waals surface area contributed by atoms with Crippen LogP contribution in [0, 0.1) is 11.8 Å². The first-order valence-electron chi connectivity index (χ1n) is 10.7. The zero-order chi connectivity index (χ0) is 24.3. The Balaban J connectivity index is 5.47. The van der Waals surface area contributed by atoms with Crippen LogP contribution in [0.2, 0.25) is 0 Å². The SMILES string of the molecule is CC(C)CCC(NC(C)C)C(=O)NC(CC(C)C)C(=O)NC(CC(F)F)C(=O)C(=O)O. The van der Waals surface area contributed by atoms with Crippen molar-refractivity contribution in [3.63, 3.8) is 0 Å². The molecule has 3 atom stereocenters. The molecule has 3 unspecified atom stereocenters. The fourth-order valence-electron chi connectivity index (χ4n) is 3.00. The van der Waals surface area contributed by atoms with E-state index in [-0.39, 0.29) is 18.4 Å². The van der Waals surface area contributed by atoms with E-state index in [1.807, 2.05) is 41.5 Å². The van der Waals surface area contributed by atoms with Gasteiger partial charge in [-0.1, -0.05) is 41.5 Å². The van der Waals surface area contributed by atoms with Crippen molar-refractivity contribution in [3.8, 4) is 0 Å². The van der Waals surface area contributed by atoms with Gasteiger partial charge in [0.25, 0.3) is 5.78 Å². The standard InChI is InChI=1S/C21H37F2N3O5/c1-11(2)7-8-14(24-13(5)6)19(28)26-16(9-12(3)4)20(29)25-15(10-17(22)23)18(27)21(30)31/h11-17,24H,7-10H2,1-6H3,(H,25,29)(H,26,28)(H,30,31). The topological polar surface area (TPSA) is 125 Å². The minimum atomic E-state index is -2.98. The third-order valence-corrected chi connectivity index (χ3v) is 4.48. The molecule has 0 aromatic heterocycles. The first kappa shape index (κ1) is 28.9. The molecule has 0 saturated heterocycles. The van der Waals surface area contributed by atoms with Gasteiger partial charge in [-0.15, -0.1) is 0 Å². The maximum atomic E-state index is 12.9. The summed E-state index contributed by atoms with van der Waals surface area (Å²) < 4.78 is 25.6. The monoisotopic (exact) mass is 449 g/mol.